The van der Waals surface area contributed by atoms with Gasteiger partial charge in [-0.2, -0.15) is 0 Å². The van der Waals surface area contributed by atoms with E-state index in [0.29, 0.717) is 6.61 Å². The molecule has 5 heteroatoms. The predicted octanol–water partition coefficient (Wildman–Crippen LogP) is 2.41. The summed E-state index contributed by atoms with van der Waals surface area (Å²) in [4.78, 5) is 0.273. The first-order chi connectivity index (χ1) is 10.1. The van der Waals surface area contributed by atoms with Crippen molar-refractivity contribution in [1.82, 2.24) is 4.72 Å². The van der Waals surface area contributed by atoms with Gasteiger partial charge < -0.3 is 4.74 Å². The van der Waals surface area contributed by atoms with Crippen molar-refractivity contribution in [2.24, 2.45) is 0 Å². The van der Waals surface area contributed by atoms with Gasteiger partial charge in [0.15, 0.2) is 0 Å². The maximum atomic E-state index is 12.5. The molecule has 0 saturated carbocycles. The van der Waals surface area contributed by atoms with Gasteiger partial charge in [-0.25, -0.2) is 13.1 Å². The summed E-state index contributed by atoms with van der Waals surface area (Å²) in [6.07, 6.45) is -0.0902. The molecule has 1 saturated heterocycles. The molecule has 0 radical (unpaired) electrons. The normalized spacial score (nSPS) is 19.2. The number of rotatable bonds is 5. The van der Waals surface area contributed by atoms with Gasteiger partial charge in [0.05, 0.1) is 17.5 Å². The number of epoxide rings is 1. The minimum absolute atomic E-state index is 0.0902. The maximum Gasteiger partial charge on any atom is 0.241 e. The lowest BCUT2D eigenvalue weighted by Crippen LogP contribution is -2.32. The fraction of sp³-hybridized carbons (Fsp3) is 0.250. The molecule has 1 fully saturated rings. The van der Waals surface area contributed by atoms with Crippen molar-refractivity contribution in [2.45, 2.75) is 24.0 Å². The lowest BCUT2D eigenvalue weighted by molar-refractivity contribution is 0.364. The van der Waals surface area contributed by atoms with Gasteiger partial charge in [-0.1, -0.05) is 48.0 Å². The highest BCUT2D eigenvalue weighted by molar-refractivity contribution is 7.89. The fourth-order valence-corrected chi connectivity index (χ4v) is 3.47. The molecule has 0 amide bonds. The number of benzene rings is 2. The minimum Gasteiger partial charge on any atom is -0.371 e. The average Bonchev–Trinajstić information content (AvgIpc) is 3.31. The Morgan fingerprint density at radius 1 is 1.10 bits per heavy atom. The molecule has 4 nitrogen and oxygen atoms in total. The lowest BCUT2D eigenvalue weighted by Gasteiger charge is -2.17. The van der Waals surface area contributed by atoms with E-state index in [-0.39, 0.29) is 17.0 Å². The number of hydrogen-bond donors (Lipinski definition) is 1. The van der Waals surface area contributed by atoms with Crippen molar-refractivity contribution in [3.63, 3.8) is 0 Å². The van der Waals surface area contributed by atoms with Crippen molar-refractivity contribution >= 4 is 10.0 Å². The summed E-state index contributed by atoms with van der Waals surface area (Å²) in [7, 11) is -3.56. The van der Waals surface area contributed by atoms with Gasteiger partial charge >= 0.3 is 0 Å². The first-order valence-corrected chi connectivity index (χ1v) is 8.30. The van der Waals surface area contributed by atoms with Crippen LogP contribution >= 0.6 is 0 Å². The molecule has 1 unspecified atom stereocenters. The molecule has 0 spiro atoms. The molecule has 2 aromatic carbocycles. The molecule has 1 N–H and O–H groups in total. The van der Waals surface area contributed by atoms with Gasteiger partial charge in [0.1, 0.15) is 6.10 Å². The Balaban J connectivity index is 1.87. The topological polar surface area (TPSA) is 58.7 Å². The Bertz CT molecular complexity index is 707. The summed E-state index contributed by atoms with van der Waals surface area (Å²) in [6, 6.07) is 16.0. The number of aryl methyl sites for hydroxylation is 1. The molecule has 0 bridgehead atoms. The van der Waals surface area contributed by atoms with E-state index in [1.54, 1.807) is 24.3 Å². The molecular weight excluding hydrogens is 286 g/mol. The van der Waals surface area contributed by atoms with Crippen LogP contribution in [0.15, 0.2) is 59.5 Å². The highest BCUT2D eigenvalue weighted by Gasteiger charge is 2.36. The van der Waals surface area contributed by atoms with Crippen molar-refractivity contribution in [2.75, 3.05) is 6.61 Å². The number of nitrogens with one attached hydrogen (secondary N) is 1. The molecular formula is C16H17NO3S. The van der Waals surface area contributed by atoms with E-state index in [4.69, 9.17) is 4.74 Å². The molecule has 110 valence electrons. The number of hydrogen-bond acceptors (Lipinski definition) is 3. The SMILES string of the molecule is Cc1ccc(S(=O)(=O)NC(c2ccccc2)[C@@H]2CO2)cc1. The Morgan fingerprint density at radius 2 is 1.71 bits per heavy atom. The van der Waals surface area contributed by atoms with E-state index < -0.39 is 10.0 Å². The van der Waals surface area contributed by atoms with Crippen molar-refractivity contribution in [3.05, 3.63) is 65.7 Å². The third-order valence-electron chi connectivity index (χ3n) is 3.50. The maximum absolute atomic E-state index is 12.5. The first-order valence-electron chi connectivity index (χ1n) is 6.82. The Kier molecular flexibility index (Phi) is 3.80. The van der Waals surface area contributed by atoms with Crippen LogP contribution in [0.2, 0.25) is 0 Å². The average molecular weight is 303 g/mol. The van der Waals surface area contributed by atoms with Gasteiger partial charge in [-0.05, 0) is 24.6 Å². The van der Waals surface area contributed by atoms with Crippen LogP contribution in [0.1, 0.15) is 17.2 Å². The molecule has 0 aliphatic carbocycles. The van der Waals surface area contributed by atoms with Gasteiger partial charge in [-0.3, -0.25) is 0 Å². The van der Waals surface area contributed by atoms with E-state index in [1.165, 1.54) is 0 Å². The monoisotopic (exact) mass is 303 g/mol. The summed E-state index contributed by atoms with van der Waals surface area (Å²) in [5.74, 6) is 0. The van der Waals surface area contributed by atoms with E-state index in [2.05, 4.69) is 4.72 Å². The van der Waals surface area contributed by atoms with Crippen molar-refractivity contribution < 1.29 is 13.2 Å². The zero-order valence-corrected chi connectivity index (χ0v) is 12.5. The second-order valence-corrected chi connectivity index (χ2v) is 6.91. The first kappa shape index (κ1) is 14.3. The summed E-state index contributed by atoms with van der Waals surface area (Å²) in [5.41, 5.74) is 1.94. The summed E-state index contributed by atoms with van der Waals surface area (Å²) in [5, 5.41) is 0. The molecule has 1 aliphatic heterocycles. The van der Waals surface area contributed by atoms with E-state index >= 15 is 0 Å². The van der Waals surface area contributed by atoms with Crippen molar-refractivity contribution in [3.8, 4) is 0 Å². The quantitative estimate of drug-likeness (QED) is 0.863. The highest BCUT2D eigenvalue weighted by atomic mass is 32.2. The predicted molar refractivity (Wildman–Crippen MR) is 80.4 cm³/mol. The second-order valence-electron chi connectivity index (χ2n) is 5.19. The van der Waals surface area contributed by atoms with Gasteiger partial charge in [0.25, 0.3) is 0 Å². The molecule has 3 rings (SSSR count). The van der Waals surface area contributed by atoms with E-state index in [1.807, 2.05) is 37.3 Å². The highest BCUT2D eigenvalue weighted by Crippen LogP contribution is 2.29. The van der Waals surface area contributed by atoms with Crippen LogP contribution in [-0.2, 0) is 14.8 Å². The Morgan fingerprint density at radius 3 is 2.29 bits per heavy atom. The van der Waals surface area contributed by atoms with E-state index in [9.17, 15) is 8.42 Å². The summed E-state index contributed by atoms with van der Waals surface area (Å²) >= 11 is 0. The van der Waals surface area contributed by atoms with Crippen LogP contribution in [-0.4, -0.2) is 21.1 Å². The number of ether oxygens (including phenoxy) is 1. The molecule has 1 aliphatic rings. The second kappa shape index (κ2) is 5.60. The Hall–Kier alpha value is -1.69. The van der Waals surface area contributed by atoms with Crippen LogP contribution in [0.3, 0.4) is 0 Å². The van der Waals surface area contributed by atoms with E-state index in [0.717, 1.165) is 11.1 Å². The summed E-state index contributed by atoms with van der Waals surface area (Å²) in [6.45, 7) is 2.50. The zero-order chi connectivity index (χ0) is 14.9. The van der Waals surface area contributed by atoms with Crippen LogP contribution in [0.5, 0.6) is 0 Å². The van der Waals surface area contributed by atoms with Crippen LogP contribution in [0.25, 0.3) is 0 Å². The smallest absolute Gasteiger partial charge is 0.241 e. The van der Waals surface area contributed by atoms with Gasteiger partial charge in [0.2, 0.25) is 10.0 Å². The molecule has 21 heavy (non-hydrogen) atoms. The molecule has 1 heterocycles. The summed E-state index contributed by atoms with van der Waals surface area (Å²) < 4.78 is 33.0. The third-order valence-corrected chi connectivity index (χ3v) is 4.96. The van der Waals surface area contributed by atoms with Crippen LogP contribution in [0, 0.1) is 6.92 Å². The fourth-order valence-electron chi connectivity index (χ4n) is 2.22. The van der Waals surface area contributed by atoms with Gasteiger partial charge in [-0.15, -0.1) is 0 Å². The molecule has 2 atom stereocenters. The standard InChI is InChI=1S/C16H17NO3S/c1-12-7-9-14(10-8-12)21(18,19)17-16(15-11-20-15)13-5-3-2-4-6-13/h2-10,15-17H,11H2,1H3/t15-,16?/m0/s1. The lowest BCUT2D eigenvalue weighted by atomic mass is 10.1. The van der Waals surface area contributed by atoms with Crippen LogP contribution in [0.4, 0.5) is 0 Å². The molecule has 2 aromatic rings. The molecule has 0 aromatic heterocycles. The van der Waals surface area contributed by atoms with Gasteiger partial charge in [0, 0.05) is 0 Å². The third kappa shape index (κ3) is 3.32. The minimum atomic E-state index is -3.56. The largest absolute Gasteiger partial charge is 0.371 e. The zero-order valence-electron chi connectivity index (χ0n) is 11.7. The van der Waals surface area contributed by atoms with Crippen molar-refractivity contribution in [1.29, 1.82) is 0 Å². The Labute approximate surface area is 124 Å². The van der Waals surface area contributed by atoms with Crippen LogP contribution < -0.4 is 4.72 Å². The number of sulfonamides is 1.